The van der Waals surface area contributed by atoms with E-state index in [1.807, 2.05) is 18.2 Å². The van der Waals surface area contributed by atoms with E-state index in [1.165, 1.54) is 0 Å². The summed E-state index contributed by atoms with van der Waals surface area (Å²) in [5, 5.41) is 1.30. The molecule has 0 bridgehead atoms. The predicted molar refractivity (Wildman–Crippen MR) is 80.0 cm³/mol. The molecule has 1 saturated heterocycles. The van der Waals surface area contributed by atoms with E-state index >= 15 is 0 Å². The van der Waals surface area contributed by atoms with Crippen molar-refractivity contribution in [2.45, 2.75) is 26.3 Å². The molecule has 100 valence electrons. The minimum Gasteiger partial charge on any atom is -0.368 e. The Balaban J connectivity index is 2.08. The Morgan fingerprint density at radius 1 is 1.00 bits per heavy atom. The average molecular weight is 287 g/mol. The number of piperazine rings is 1. The highest BCUT2D eigenvalue weighted by Crippen LogP contribution is 2.33. The smallest absolute Gasteiger partial charge is 0.0825 e. The van der Waals surface area contributed by atoms with Crippen LogP contribution in [-0.2, 0) is 0 Å². The van der Waals surface area contributed by atoms with Crippen LogP contribution in [0.4, 0.5) is 5.69 Å². The standard InChI is InChI=1S/C14H20Cl2N2/c1-14(2,3)18-9-7-17(8-10-18)12-6-4-5-11(15)13(12)16/h4-6H,7-10H2,1-3H3. The Kier molecular flexibility index (Phi) is 4.10. The number of benzene rings is 1. The molecular weight excluding hydrogens is 267 g/mol. The fraction of sp³-hybridized carbons (Fsp3) is 0.571. The van der Waals surface area contributed by atoms with Crippen LogP contribution in [0.5, 0.6) is 0 Å². The SMILES string of the molecule is CC(C)(C)N1CCN(c2cccc(Cl)c2Cl)CC1. The lowest BCUT2D eigenvalue weighted by atomic mass is 10.0. The monoisotopic (exact) mass is 286 g/mol. The molecule has 18 heavy (non-hydrogen) atoms. The van der Waals surface area contributed by atoms with Gasteiger partial charge in [-0.3, -0.25) is 4.90 Å². The van der Waals surface area contributed by atoms with Crippen molar-refractivity contribution in [3.8, 4) is 0 Å². The molecule has 2 rings (SSSR count). The summed E-state index contributed by atoms with van der Waals surface area (Å²) in [6, 6.07) is 5.83. The first kappa shape index (κ1) is 14.0. The summed E-state index contributed by atoms with van der Waals surface area (Å²) in [7, 11) is 0. The van der Waals surface area contributed by atoms with Gasteiger partial charge in [0.2, 0.25) is 0 Å². The molecule has 2 nitrogen and oxygen atoms in total. The molecule has 0 N–H and O–H groups in total. The molecule has 1 heterocycles. The second kappa shape index (κ2) is 5.28. The first-order valence-corrected chi connectivity index (χ1v) is 7.09. The van der Waals surface area contributed by atoms with Crippen molar-refractivity contribution in [1.29, 1.82) is 0 Å². The third kappa shape index (κ3) is 2.93. The number of halogens is 2. The molecule has 0 amide bonds. The van der Waals surface area contributed by atoms with Crippen molar-refractivity contribution in [3.63, 3.8) is 0 Å². The van der Waals surface area contributed by atoms with Crippen LogP contribution in [0.25, 0.3) is 0 Å². The largest absolute Gasteiger partial charge is 0.368 e. The van der Waals surface area contributed by atoms with Gasteiger partial charge in [-0.05, 0) is 32.9 Å². The molecule has 0 aromatic heterocycles. The number of rotatable bonds is 1. The number of hydrogen-bond donors (Lipinski definition) is 0. The molecule has 1 aliphatic heterocycles. The average Bonchev–Trinajstić information content (AvgIpc) is 2.32. The number of anilines is 1. The van der Waals surface area contributed by atoms with Gasteiger partial charge in [0.05, 0.1) is 15.7 Å². The third-order valence-electron chi connectivity index (χ3n) is 3.50. The maximum absolute atomic E-state index is 6.27. The molecule has 0 radical (unpaired) electrons. The fourth-order valence-corrected chi connectivity index (χ4v) is 2.77. The fourth-order valence-electron chi connectivity index (χ4n) is 2.35. The summed E-state index contributed by atoms with van der Waals surface area (Å²) in [6.07, 6.45) is 0. The molecule has 4 heteroatoms. The zero-order valence-corrected chi connectivity index (χ0v) is 12.7. The van der Waals surface area contributed by atoms with Crippen LogP contribution in [-0.4, -0.2) is 36.6 Å². The molecule has 1 aromatic rings. The first-order chi connectivity index (χ1) is 8.39. The zero-order valence-electron chi connectivity index (χ0n) is 11.2. The van der Waals surface area contributed by atoms with Gasteiger partial charge in [-0.15, -0.1) is 0 Å². The van der Waals surface area contributed by atoms with E-state index in [0.717, 1.165) is 31.9 Å². The van der Waals surface area contributed by atoms with Crippen molar-refractivity contribution in [2.24, 2.45) is 0 Å². The van der Waals surface area contributed by atoms with Crippen molar-refractivity contribution < 1.29 is 0 Å². The van der Waals surface area contributed by atoms with Gasteiger partial charge in [0, 0.05) is 31.7 Å². The maximum atomic E-state index is 6.27. The van der Waals surface area contributed by atoms with Gasteiger partial charge < -0.3 is 4.90 Å². The molecule has 0 spiro atoms. The summed E-state index contributed by atoms with van der Waals surface area (Å²) in [5.74, 6) is 0. The van der Waals surface area contributed by atoms with E-state index in [1.54, 1.807) is 0 Å². The van der Waals surface area contributed by atoms with E-state index in [4.69, 9.17) is 23.2 Å². The lowest BCUT2D eigenvalue weighted by Gasteiger charge is -2.43. The molecule has 0 aliphatic carbocycles. The highest BCUT2D eigenvalue weighted by Gasteiger charge is 2.26. The van der Waals surface area contributed by atoms with Gasteiger partial charge in [0.25, 0.3) is 0 Å². The normalized spacial score (nSPS) is 18.2. The van der Waals surface area contributed by atoms with Crippen LogP contribution in [0.2, 0.25) is 10.0 Å². The topological polar surface area (TPSA) is 6.48 Å². The van der Waals surface area contributed by atoms with Crippen LogP contribution in [0, 0.1) is 0 Å². The van der Waals surface area contributed by atoms with Crippen LogP contribution in [0.1, 0.15) is 20.8 Å². The highest BCUT2D eigenvalue weighted by molar-refractivity contribution is 6.43. The zero-order chi connectivity index (χ0) is 13.3. The van der Waals surface area contributed by atoms with Gasteiger partial charge in [-0.1, -0.05) is 29.3 Å². The van der Waals surface area contributed by atoms with Crippen LogP contribution >= 0.6 is 23.2 Å². The highest BCUT2D eigenvalue weighted by atomic mass is 35.5. The van der Waals surface area contributed by atoms with Crippen molar-refractivity contribution >= 4 is 28.9 Å². The maximum Gasteiger partial charge on any atom is 0.0825 e. The molecule has 1 aliphatic rings. The molecule has 1 fully saturated rings. The first-order valence-electron chi connectivity index (χ1n) is 6.33. The van der Waals surface area contributed by atoms with E-state index in [9.17, 15) is 0 Å². The van der Waals surface area contributed by atoms with Crippen LogP contribution in [0.15, 0.2) is 18.2 Å². The van der Waals surface area contributed by atoms with Gasteiger partial charge in [-0.25, -0.2) is 0 Å². The minimum absolute atomic E-state index is 0.240. The predicted octanol–water partition coefficient (Wildman–Crippen LogP) is 3.91. The second-order valence-corrected chi connectivity index (χ2v) is 6.50. The van der Waals surface area contributed by atoms with Gasteiger partial charge in [0.15, 0.2) is 0 Å². The molecular formula is C14H20Cl2N2. The van der Waals surface area contributed by atoms with Crippen molar-refractivity contribution in [1.82, 2.24) is 4.90 Å². The van der Waals surface area contributed by atoms with E-state index in [0.29, 0.717) is 10.0 Å². The molecule has 0 unspecified atom stereocenters. The Morgan fingerprint density at radius 3 is 2.17 bits per heavy atom. The van der Waals surface area contributed by atoms with Crippen molar-refractivity contribution in [2.75, 3.05) is 31.1 Å². The summed E-state index contributed by atoms with van der Waals surface area (Å²) in [4.78, 5) is 4.82. The minimum atomic E-state index is 0.240. The lowest BCUT2D eigenvalue weighted by Crippen LogP contribution is -2.53. The summed E-state index contributed by atoms with van der Waals surface area (Å²) in [6.45, 7) is 10.9. The van der Waals surface area contributed by atoms with Crippen LogP contribution < -0.4 is 4.90 Å². The van der Waals surface area contributed by atoms with E-state index in [-0.39, 0.29) is 5.54 Å². The van der Waals surface area contributed by atoms with Crippen LogP contribution in [0.3, 0.4) is 0 Å². The van der Waals surface area contributed by atoms with Gasteiger partial charge in [0.1, 0.15) is 0 Å². The van der Waals surface area contributed by atoms with E-state index < -0.39 is 0 Å². The Labute approximate surface area is 119 Å². The number of hydrogen-bond acceptors (Lipinski definition) is 2. The molecule has 1 aromatic carbocycles. The molecule has 0 atom stereocenters. The Bertz CT molecular complexity index is 418. The Hall–Kier alpha value is -0.440. The quantitative estimate of drug-likeness (QED) is 0.772. The van der Waals surface area contributed by atoms with E-state index in [2.05, 4.69) is 30.6 Å². The van der Waals surface area contributed by atoms with Gasteiger partial charge in [-0.2, -0.15) is 0 Å². The summed E-state index contributed by atoms with van der Waals surface area (Å²) in [5.41, 5.74) is 1.29. The number of nitrogens with zero attached hydrogens (tertiary/aromatic N) is 2. The summed E-state index contributed by atoms with van der Waals surface area (Å²) >= 11 is 12.3. The third-order valence-corrected chi connectivity index (χ3v) is 4.31. The Morgan fingerprint density at radius 2 is 1.61 bits per heavy atom. The lowest BCUT2D eigenvalue weighted by molar-refractivity contribution is 0.128. The van der Waals surface area contributed by atoms with Crippen molar-refractivity contribution in [3.05, 3.63) is 28.2 Å². The molecule has 0 saturated carbocycles. The van der Waals surface area contributed by atoms with Gasteiger partial charge >= 0.3 is 0 Å². The second-order valence-electron chi connectivity index (χ2n) is 5.72. The summed E-state index contributed by atoms with van der Waals surface area (Å²) < 4.78 is 0.